The average Bonchev–Trinajstić information content (AvgIpc) is 3.12. The van der Waals surface area contributed by atoms with E-state index in [1.165, 1.54) is 12.8 Å². The maximum absolute atomic E-state index is 12.1. The summed E-state index contributed by atoms with van der Waals surface area (Å²) in [5.74, 6) is 0. The number of hydrazine groups is 1. The molecule has 0 spiro atoms. The van der Waals surface area contributed by atoms with Gasteiger partial charge in [0.1, 0.15) is 0 Å². The lowest BCUT2D eigenvalue weighted by Crippen LogP contribution is -2.54. The van der Waals surface area contributed by atoms with Crippen LogP contribution in [0.5, 0.6) is 0 Å². The van der Waals surface area contributed by atoms with E-state index in [4.69, 9.17) is 0 Å². The van der Waals surface area contributed by atoms with Crippen LogP contribution >= 0.6 is 0 Å². The summed E-state index contributed by atoms with van der Waals surface area (Å²) in [5, 5.41) is 4.68. The Balaban J connectivity index is 1.77. The molecule has 1 aliphatic heterocycles. The number of hydrogen-bond acceptors (Lipinski definition) is 5. The van der Waals surface area contributed by atoms with Crippen LogP contribution in [0.15, 0.2) is 0 Å². The number of hydrogen-bond donors (Lipinski definition) is 2. The van der Waals surface area contributed by atoms with E-state index in [9.17, 15) is 8.42 Å². The Labute approximate surface area is 110 Å². The summed E-state index contributed by atoms with van der Waals surface area (Å²) in [6.07, 6.45) is 2.36. The van der Waals surface area contributed by atoms with Crippen LogP contribution in [-0.4, -0.2) is 69.4 Å². The molecule has 1 heterocycles. The number of rotatable bonds is 6. The molecule has 2 N–H and O–H groups in total. The minimum Gasteiger partial charge on any atom is -0.313 e. The van der Waals surface area contributed by atoms with Gasteiger partial charge in [-0.05, 0) is 26.8 Å². The second-order valence-electron chi connectivity index (χ2n) is 5.42. The molecule has 0 aromatic heterocycles. The lowest BCUT2D eigenvalue weighted by molar-refractivity contribution is 0.134. The van der Waals surface area contributed by atoms with Gasteiger partial charge in [0.25, 0.3) is 0 Å². The smallest absolute Gasteiger partial charge is 0.228 e. The van der Waals surface area contributed by atoms with Gasteiger partial charge in [-0.25, -0.2) is 13.4 Å². The molecule has 106 valence electrons. The third-order valence-electron chi connectivity index (χ3n) is 3.56. The summed E-state index contributed by atoms with van der Waals surface area (Å²) in [6, 6.07) is 0.547. The van der Waals surface area contributed by atoms with Crippen molar-refractivity contribution in [1.82, 2.24) is 20.1 Å². The highest BCUT2D eigenvalue weighted by atomic mass is 32.2. The molecule has 1 aliphatic carbocycles. The van der Waals surface area contributed by atoms with Crippen LogP contribution < -0.4 is 10.1 Å². The van der Waals surface area contributed by atoms with Gasteiger partial charge in [-0.3, -0.25) is 0 Å². The van der Waals surface area contributed by atoms with E-state index in [1.54, 1.807) is 6.92 Å². The molecule has 0 radical (unpaired) electrons. The Morgan fingerprint density at radius 3 is 2.39 bits per heavy atom. The van der Waals surface area contributed by atoms with Crippen LogP contribution in [0.3, 0.4) is 0 Å². The van der Waals surface area contributed by atoms with Crippen molar-refractivity contribution in [2.45, 2.75) is 31.1 Å². The van der Waals surface area contributed by atoms with E-state index >= 15 is 0 Å². The maximum atomic E-state index is 12.1. The summed E-state index contributed by atoms with van der Waals surface area (Å²) in [5.41, 5.74) is 0. The minimum atomic E-state index is -3.25. The van der Waals surface area contributed by atoms with Crippen LogP contribution in [0, 0.1) is 0 Å². The topological polar surface area (TPSA) is 64.7 Å². The molecule has 2 fully saturated rings. The molecular weight excluding hydrogens is 252 g/mol. The predicted molar refractivity (Wildman–Crippen MR) is 71.6 cm³/mol. The maximum Gasteiger partial charge on any atom is 0.228 e. The van der Waals surface area contributed by atoms with Gasteiger partial charge in [-0.2, -0.15) is 0 Å². The molecular formula is C11H24N4O2S. The molecule has 1 saturated heterocycles. The number of nitrogens with zero attached hydrogens (tertiary/aromatic N) is 2. The SMILES string of the molecule is CC(CNC1CC1)S(=O)(=O)NN1CCN(C)CC1. The van der Waals surface area contributed by atoms with Crippen LogP contribution in [0.25, 0.3) is 0 Å². The van der Waals surface area contributed by atoms with Crippen molar-refractivity contribution in [3.63, 3.8) is 0 Å². The first-order chi connectivity index (χ1) is 8.47. The van der Waals surface area contributed by atoms with Crippen LogP contribution in [0.2, 0.25) is 0 Å². The molecule has 1 unspecified atom stereocenters. The van der Waals surface area contributed by atoms with Gasteiger partial charge in [-0.1, -0.05) is 0 Å². The molecule has 0 aromatic rings. The van der Waals surface area contributed by atoms with Crippen LogP contribution in [0.4, 0.5) is 0 Å². The molecule has 18 heavy (non-hydrogen) atoms. The molecule has 2 aliphatic rings. The van der Waals surface area contributed by atoms with Gasteiger partial charge < -0.3 is 10.2 Å². The Morgan fingerprint density at radius 1 is 1.22 bits per heavy atom. The summed E-state index contributed by atoms with van der Waals surface area (Å²) >= 11 is 0. The summed E-state index contributed by atoms with van der Waals surface area (Å²) in [7, 11) is -1.20. The Morgan fingerprint density at radius 2 is 1.83 bits per heavy atom. The lowest BCUT2D eigenvalue weighted by Gasteiger charge is -2.32. The van der Waals surface area contributed by atoms with Crippen molar-refractivity contribution < 1.29 is 8.42 Å². The van der Waals surface area contributed by atoms with Crippen molar-refractivity contribution in [2.24, 2.45) is 0 Å². The third-order valence-corrected chi connectivity index (χ3v) is 5.30. The van der Waals surface area contributed by atoms with E-state index in [0.717, 1.165) is 26.2 Å². The summed E-state index contributed by atoms with van der Waals surface area (Å²) in [6.45, 7) is 5.59. The molecule has 1 saturated carbocycles. The molecule has 7 heteroatoms. The fourth-order valence-corrected chi connectivity index (χ4v) is 2.94. The van der Waals surface area contributed by atoms with Gasteiger partial charge in [0.05, 0.1) is 5.25 Å². The van der Waals surface area contributed by atoms with Crippen molar-refractivity contribution in [1.29, 1.82) is 0 Å². The first-order valence-electron chi connectivity index (χ1n) is 6.65. The van der Waals surface area contributed by atoms with Crippen molar-refractivity contribution in [2.75, 3.05) is 39.8 Å². The zero-order chi connectivity index (χ0) is 13.2. The second kappa shape index (κ2) is 5.83. The van der Waals surface area contributed by atoms with Gasteiger partial charge >= 0.3 is 0 Å². The Bertz CT molecular complexity index is 361. The highest BCUT2D eigenvalue weighted by molar-refractivity contribution is 7.90. The Hall–Kier alpha value is -0.210. The van der Waals surface area contributed by atoms with E-state index < -0.39 is 15.3 Å². The number of sulfonamides is 1. The minimum absolute atomic E-state index is 0.391. The zero-order valence-corrected chi connectivity index (χ0v) is 12.0. The van der Waals surface area contributed by atoms with Crippen molar-refractivity contribution >= 4 is 10.0 Å². The second-order valence-corrected chi connectivity index (χ2v) is 7.50. The predicted octanol–water partition coefficient (Wildman–Crippen LogP) is -0.791. The summed E-state index contributed by atoms with van der Waals surface area (Å²) < 4.78 is 24.2. The highest BCUT2D eigenvalue weighted by Gasteiger charge is 2.27. The Kier molecular flexibility index (Phi) is 4.60. The number of likely N-dealkylation sites (N-methyl/N-ethyl adjacent to an activating group) is 1. The van der Waals surface area contributed by atoms with Gasteiger partial charge in [0.2, 0.25) is 10.0 Å². The van der Waals surface area contributed by atoms with Crippen LogP contribution in [-0.2, 0) is 10.0 Å². The number of nitrogens with one attached hydrogen (secondary N) is 2. The van der Waals surface area contributed by atoms with Gasteiger partial charge in [-0.15, -0.1) is 4.83 Å². The molecule has 0 amide bonds. The van der Waals surface area contributed by atoms with E-state index in [2.05, 4.69) is 15.0 Å². The molecule has 6 nitrogen and oxygen atoms in total. The van der Waals surface area contributed by atoms with E-state index in [-0.39, 0.29) is 0 Å². The molecule has 0 aromatic carbocycles. The first-order valence-corrected chi connectivity index (χ1v) is 8.20. The largest absolute Gasteiger partial charge is 0.313 e. The lowest BCUT2D eigenvalue weighted by atomic mass is 10.4. The van der Waals surface area contributed by atoms with E-state index in [0.29, 0.717) is 12.6 Å². The zero-order valence-electron chi connectivity index (χ0n) is 11.2. The van der Waals surface area contributed by atoms with Gasteiger partial charge in [0.15, 0.2) is 0 Å². The quantitative estimate of drug-likeness (QED) is 0.665. The van der Waals surface area contributed by atoms with E-state index in [1.807, 2.05) is 12.1 Å². The number of piperazine rings is 1. The fraction of sp³-hybridized carbons (Fsp3) is 1.00. The van der Waals surface area contributed by atoms with Crippen molar-refractivity contribution in [3.05, 3.63) is 0 Å². The summed E-state index contributed by atoms with van der Waals surface area (Å²) in [4.78, 5) is 4.90. The average molecular weight is 276 g/mol. The third kappa shape index (κ3) is 4.17. The monoisotopic (exact) mass is 276 g/mol. The molecule has 0 bridgehead atoms. The normalized spacial score (nSPS) is 25.2. The highest BCUT2D eigenvalue weighted by Crippen LogP contribution is 2.18. The van der Waals surface area contributed by atoms with Crippen LogP contribution in [0.1, 0.15) is 19.8 Å². The molecule has 1 atom stereocenters. The van der Waals surface area contributed by atoms with Crippen molar-refractivity contribution in [3.8, 4) is 0 Å². The molecule has 2 rings (SSSR count). The van der Waals surface area contributed by atoms with Gasteiger partial charge in [0, 0.05) is 38.8 Å². The fourth-order valence-electron chi connectivity index (χ4n) is 1.90. The first kappa shape index (κ1) is 14.2. The standard InChI is InChI=1S/C11H24N4O2S/c1-10(9-12-11-3-4-11)18(16,17)13-15-7-5-14(2)6-8-15/h10-13H,3-9H2,1-2H3.